The number of nitrogens with zero attached hydrogens (tertiary/aromatic N) is 1. The van der Waals surface area contributed by atoms with E-state index < -0.39 is 15.5 Å². The standard InChI is InChI=1S/C22H25N3O5S/c1-28-17-4-7-19-20(14-17)24-11-8-21(19)30-16-2-5-18(6-3-16)31(23,27)25-15-22(26)9-12-29-13-10-22/h2-8,11,14,26H,9-10,12-13,15H2,1H3,(H2,23,25,27). The molecule has 3 aromatic rings. The van der Waals surface area contributed by atoms with E-state index in [0.717, 1.165) is 10.9 Å². The molecule has 2 aromatic carbocycles. The van der Waals surface area contributed by atoms with E-state index in [9.17, 15) is 9.32 Å². The second-order valence-electron chi connectivity index (χ2n) is 7.48. The van der Waals surface area contributed by atoms with E-state index in [1.165, 1.54) is 0 Å². The van der Waals surface area contributed by atoms with E-state index in [0.29, 0.717) is 48.2 Å². The normalized spacial score (nSPS) is 17.7. The molecule has 0 saturated carbocycles. The molecular formula is C22H25N3O5S. The van der Waals surface area contributed by atoms with Crippen LogP contribution in [0.15, 0.2) is 59.6 Å². The van der Waals surface area contributed by atoms with Crippen LogP contribution in [0, 0.1) is 4.78 Å². The van der Waals surface area contributed by atoms with E-state index in [4.69, 9.17) is 19.0 Å². The number of benzene rings is 2. The van der Waals surface area contributed by atoms with Crippen LogP contribution in [0.3, 0.4) is 0 Å². The number of rotatable bonds is 7. The van der Waals surface area contributed by atoms with E-state index in [1.54, 1.807) is 43.6 Å². The molecule has 1 aliphatic heterocycles. The van der Waals surface area contributed by atoms with Gasteiger partial charge in [0.15, 0.2) is 0 Å². The Balaban J connectivity index is 1.47. The number of hydrogen-bond acceptors (Lipinski definition) is 7. The molecule has 0 spiro atoms. The molecular weight excluding hydrogens is 418 g/mol. The maximum Gasteiger partial charge on any atom is 0.138 e. The Morgan fingerprint density at radius 2 is 1.87 bits per heavy atom. The number of aliphatic hydroxyl groups is 1. The summed E-state index contributed by atoms with van der Waals surface area (Å²) in [4.78, 5) is 4.66. The molecule has 1 aromatic heterocycles. The predicted molar refractivity (Wildman–Crippen MR) is 117 cm³/mol. The van der Waals surface area contributed by atoms with Crippen LogP contribution in [0.5, 0.6) is 17.2 Å². The van der Waals surface area contributed by atoms with Gasteiger partial charge in [-0.2, -0.15) is 0 Å². The van der Waals surface area contributed by atoms with Crippen LogP contribution in [0.1, 0.15) is 12.8 Å². The van der Waals surface area contributed by atoms with Crippen molar-refractivity contribution in [3.05, 3.63) is 54.7 Å². The number of fused-ring (bicyclic) bond motifs is 1. The first-order chi connectivity index (χ1) is 14.9. The van der Waals surface area contributed by atoms with Crippen LogP contribution in [-0.4, -0.2) is 46.8 Å². The fourth-order valence-corrected chi connectivity index (χ4v) is 4.55. The summed E-state index contributed by atoms with van der Waals surface area (Å²) in [6, 6.07) is 13.9. The average molecular weight is 444 g/mol. The lowest BCUT2D eigenvalue weighted by Crippen LogP contribution is -2.46. The van der Waals surface area contributed by atoms with Crippen molar-refractivity contribution in [3.8, 4) is 17.2 Å². The minimum absolute atomic E-state index is 0.0728. The van der Waals surface area contributed by atoms with Crippen LogP contribution in [0.4, 0.5) is 0 Å². The van der Waals surface area contributed by atoms with Crippen LogP contribution >= 0.6 is 0 Å². The molecule has 31 heavy (non-hydrogen) atoms. The second-order valence-corrected chi connectivity index (χ2v) is 9.35. The molecule has 0 radical (unpaired) electrons. The molecule has 1 unspecified atom stereocenters. The van der Waals surface area contributed by atoms with E-state index in [1.807, 2.05) is 18.2 Å². The Bertz CT molecular complexity index is 1160. The highest BCUT2D eigenvalue weighted by molar-refractivity contribution is 7.90. The number of pyridine rings is 1. The van der Waals surface area contributed by atoms with Crippen molar-refractivity contribution in [1.82, 2.24) is 9.71 Å². The third kappa shape index (κ3) is 4.96. The van der Waals surface area contributed by atoms with Gasteiger partial charge in [-0.05, 0) is 42.5 Å². The van der Waals surface area contributed by atoms with Crippen molar-refractivity contribution < 1.29 is 23.5 Å². The molecule has 1 atom stereocenters. The third-order valence-electron chi connectivity index (χ3n) is 5.32. The summed E-state index contributed by atoms with van der Waals surface area (Å²) in [5.74, 6) is 1.89. The molecule has 0 amide bonds. The lowest BCUT2D eigenvalue weighted by molar-refractivity contribution is -0.0587. The molecule has 164 valence electrons. The number of hydrogen-bond donors (Lipinski definition) is 3. The van der Waals surface area contributed by atoms with Crippen LogP contribution in [0.25, 0.3) is 10.9 Å². The van der Waals surface area contributed by atoms with Gasteiger partial charge >= 0.3 is 0 Å². The number of ether oxygens (including phenoxy) is 3. The Morgan fingerprint density at radius 1 is 1.16 bits per heavy atom. The topological polar surface area (TPSA) is 114 Å². The minimum Gasteiger partial charge on any atom is -0.497 e. The van der Waals surface area contributed by atoms with Crippen LogP contribution < -0.4 is 14.2 Å². The van der Waals surface area contributed by atoms with Crippen molar-refractivity contribution >= 4 is 20.8 Å². The average Bonchev–Trinajstić information content (AvgIpc) is 2.79. The lowest BCUT2D eigenvalue weighted by atomic mass is 9.95. The van der Waals surface area contributed by atoms with E-state index >= 15 is 0 Å². The number of aromatic nitrogens is 1. The van der Waals surface area contributed by atoms with Crippen molar-refractivity contribution in [1.29, 1.82) is 4.78 Å². The highest BCUT2D eigenvalue weighted by atomic mass is 32.2. The fourth-order valence-electron chi connectivity index (χ4n) is 3.39. The predicted octanol–water partition coefficient (Wildman–Crippen LogP) is 3.49. The van der Waals surface area contributed by atoms with Gasteiger partial charge in [-0.25, -0.2) is 13.7 Å². The van der Waals surface area contributed by atoms with Gasteiger partial charge < -0.3 is 19.3 Å². The SMILES string of the molecule is COc1ccc2c(Oc3ccc(S(=N)(=O)NCC4(O)CCOCC4)cc3)ccnc2c1. The first-order valence-corrected chi connectivity index (χ1v) is 11.5. The summed E-state index contributed by atoms with van der Waals surface area (Å²) in [7, 11) is -1.66. The van der Waals surface area contributed by atoms with Crippen molar-refractivity contribution in [2.75, 3.05) is 26.9 Å². The monoisotopic (exact) mass is 443 g/mol. The van der Waals surface area contributed by atoms with Gasteiger partial charge in [0.1, 0.15) is 27.2 Å². The fraction of sp³-hybridized carbons (Fsp3) is 0.318. The Labute approximate surface area is 181 Å². The van der Waals surface area contributed by atoms with Gasteiger partial charge in [0.2, 0.25) is 0 Å². The summed E-state index contributed by atoms with van der Waals surface area (Å²) >= 11 is 0. The van der Waals surface area contributed by atoms with Crippen LogP contribution in [0.2, 0.25) is 0 Å². The quantitative estimate of drug-likeness (QED) is 0.515. The molecule has 4 rings (SSSR count). The zero-order valence-corrected chi connectivity index (χ0v) is 18.0. The third-order valence-corrected chi connectivity index (χ3v) is 6.81. The highest BCUT2D eigenvalue weighted by Gasteiger charge is 2.30. The molecule has 8 nitrogen and oxygen atoms in total. The molecule has 2 heterocycles. The van der Waals surface area contributed by atoms with Gasteiger partial charge in [0.05, 0.1) is 23.1 Å². The summed E-state index contributed by atoms with van der Waals surface area (Å²) in [5, 5.41) is 11.4. The first-order valence-electron chi connectivity index (χ1n) is 9.93. The number of methoxy groups -OCH3 is 1. The molecule has 3 N–H and O–H groups in total. The Morgan fingerprint density at radius 3 is 2.58 bits per heavy atom. The minimum atomic E-state index is -3.26. The molecule has 1 fully saturated rings. The summed E-state index contributed by atoms with van der Waals surface area (Å²) in [5.41, 5.74) is -0.256. The maximum atomic E-state index is 12.8. The van der Waals surface area contributed by atoms with Gasteiger partial charge in [0.25, 0.3) is 0 Å². The van der Waals surface area contributed by atoms with Gasteiger partial charge in [-0.1, -0.05) is 0 Å². The molecule has 1 aliphatic rings. The summed E-state index contributed by atoms with van der Waals surface area (Å²) < 4.78 is 40.3. The smallest absolute Gasteiger partial charge is 0.138 e. The van der Waals surface area contributed by atoms with E-state index in [2.05, 4.69) is 9.71 Å². The Kier molecular flexibility index (Phi) is 6.10. The highest BCUT2D eigenvalue weighted by Crippen LogP contribution is 2.31. The second kappa shape index (κ2) is 8.80. The summed E-state index contributed by atoms with van der Waals surface area (Å²) in [6.45, 7) is 0.989. The van der Waals surface area contributed by atoms with Crippen LogP contribution in [-0.2, 0) is 14.7 Å². The number of nitrogens with one attached hydrogen (secondary N) is 2. The summed E-state index contributed by atoms with van der Waals surface area (Å²) in [6.07, 6.45) is 2.56. The van der Waals surface area contributed by atoms with Gasteiger partial charge in [-0.3, -0.25) is 4.98 Å². The maximum absolute atomic E-state index is 12.8. The molecule has 0 bridgehead atoms. The zero-order valence-electron chi connectivity index (χ0n) is 17.2. The molecule has 0 aliphatic carbocycles. The van der Waals surface area contributed by atoms with Crippen molar-refractivity contribution in [3.63, 3.8) is 0 Å². The largest absolute Gasteiger partial charge is 0.497 e. The molecule has 1 saturated heterocycles. The van der Waals surface area contributed by atoms with Crippen molar-refractivity contribution in [2.45, 2.75) is 23.3 Å². The van der Waals surface area contributed by atoms with Gasteiger partial charge in [-0.15, -0.1) is 0 Å². The molecule has 9 heteroatoms. The lowest BCUT2D eigenvalue weighted by Gasteiger charge is -2.32. The zero-order chi connectivity index (χ0) is 21.9. The Hall–Kier alpha value is -2.72. The van der Waals surface area contributed by atoms with Gasteiger partial charge in [0, 0.05) is 50.2 Å². The van der Waals surface area contributed by atoms with Crippen molar-refractivity contribution in [2.24, 2.45) is 0 Å². The van der Waals surface area contributed by atoms with E-state index in [-0.39, 0.29) is 6.54 Å². The first kappa shape index (κ1) is 21.5.